The number of aliphatic carboxylic acids is 1. The van der Waals surface area contributed by atoms with Crippen LogP contribution in [0.4, 0.5) is 0 Å². The lowest BCUT2D eigenvalue weighted by Gasteiger charge is -2.40. The van der Waals surface area contributed by atoms with Crippen LogP contribution in [-0.4, -0.2) is 89.2 Å². The van der Waals surface area contributed by atoms with Crippen molar-refractivity contribution in [3.05, 3.63) is 109 Å². The fourth-order valence-electron chi connectivity index (χ4n) is 7.95. The highest BCUT2D eigenvalue weighted by atomic mass is 16.7. The number of aliphatic hydroxyl groups excluding tert-OH is 2. The van der Waals surface area contributed by atoms with Crippen molar-refractivity contribution < 1.29 is 58.2 Å². The van der Waals surface area contributed by atoms with E-state index in [4.69, 9.17) is 23.7 Å². The maximum atomic E-state index is 13.1. The zero-order valence-electron chi connectivity index (χ0n) is 46.5. The molecule has 6 atom stereocenters. The Morgan fingerprint density at radius 1 is 0.453 bits per heavy atom. The number of carboxylic acid groups (broad SMARTS) is 1. The van der Waals surface area contributed by atoms with Crippen molar-refractivity contribution in [1.29, 1.82) is 0 Å². The molecule has 0 radical (unpaired) electrons. The third-order valence-electron chi connectivity index (χ3n) is 12.3. The monoisotopic (exact) mass is 1050 g/mol. The van der Waals surface area contributed by atoms with Gasteiger partial charge in [0.05, 0.1) is 6.61 Å². The molecule has 0 amide bonds. The summed E-state index contributed by atoms with van der Waals surface area (Å²) in [6, 6.07) is 0. The van der Waals surface area contributed by atoms with Crippen molar-refractivity contribution in [1.82, 2.24) is 0 Å². The summed E-state index contributed by atoms with van der Waals surface area (Å²) in [7, 11) is 0. The van der Waals surface area contributed by atoms with E-state index in [0.29, 0.717) is 25.7 Å². The Kier molecular flexibility index (Phi) is 45.8. The van der Waals surface area contributed by atoms with Crippen molar-refractivity contribution in [3.8, 4) is 0 Å². The molecular formula is C63H100O12. The molecule has 1 aliphatic rings. The van der Waals surface area contributed by atoms with Gasteiger partial charge in [-0.25, -0.2) is 4.79 Å². The zero-order valence-corrected chi connectivity index (χ0v) is 46.5. The Morgan fingerprint density at radius 3 is 1.37 bits per heavy atom. The van der Waals surface area contributed by atoms with Crippen molar-refractivity contribution in [2.24, 2.45) is 0 Å². The molecule has 3 N–H and O–H groups in total. The van der Waals surface area contributed by atoms with E-state index in [-0.39, 0.29) is 25.9 Å². The first-order valence-corrected chi connectivity index (χ1v) is 28.9. The molecule has 1 rings (SSSR count). The number of unbranched alkanes of at least 4 members (excludes halogenated alkanes) is 15. The predicted molar refractivity (Wildman–Crippen MR) is 303 cm³/mol. The quantitative estimate of drug-likeness (QED) is 0.0228. The lowest BCUT2D eigenvalue weighted by atomic mass is 9.98. The molecule has 0 bridgehead atoms. The number of aliphatic hydroxyl groups is 2. The first-order valence-electron chi connectivity index (χ1n) is 28.9. The number of carboxylic acids is 1. The Hall–Kier alpha value is -4.62. The summed E-state index contributed by atoms with van der Waals surface area (Å²) in [5.41, 5.74) is 0. The molecule has 12 nitrogen and oxygen atoms in total. The molecule has 6 unspecified atom stereocenters. The predicted octanol–water partition coefficient (Wildman–Crippen LogP) is 14.7. The van der Waals surface area contributed by atoms with Crippen LogP contribution in [0.5, 0.6) is 0 Å². The maximum Gasteiger partial charge on any atom is 0.335 e. The van der Waals surface area contributed by atoms with Crippen LogP contribution < -0.4 is 0 Å². The lowest BCUT2D eigenvalue weighted by Crippen LogP contribution is -2.61. The standard InChI is InChI=1S/C63H100O12/c1-4-7-10-13-16-19-22-25-27-28-30-32-34-37-40-43-46-49-55(64)71-52-54(73-56(65)50-47-44-41-38-36-33-29-26-23-20-17-14-11-8-5-2)53-72-63-61(59(68)58(67)60(75-63)62(69)70)74-57(66)51-48-45-42-39-35-31-24-21-18-15-12-9-6-3/h8-9,11-12,17-18,20-21,25-27,29,31,35-36,38,42,45,54,58-61,63,67-68H,4-7,10,13-16,19,22-24,28,30,32-34,37,39-41,43-44,46-53H2,1-3H3,(H,69,70)/b11-8-,12-9-,20-17-,21-18-,27-25-,29-26-,35-31-,38-36-,45-42-. The number of carbonyl (C=O) groups is 4. The van der Waals surface area contributed by atoms with Gasteiger partial charge in [0, 0.05) is 19.3 Å². The molecule has 0 aliphatic carbocycles. The number of hydrogen-bond donors (Lipinski definition) is 3. The summed E-state index contributed by atoms with van der Waals surface area (Å²) < 4.78 is 28.2. The highest BCUT2D eigenvalue weighted by molar-refractivity contribution is 5.74. The van der Waals surface area contributed by atoms with E-state index in [0.717, 1.165) is 89.9 Å². The molecule has 12 heteroatoms. The molecule has 0 saturated carbocycles. The van der Waals surface area contributed by atoms with Gasteiger partial charge in [-0.05, 0) is 109 Å². The molecule has 0 aromatic heterocycles. The molecule has 1 fully saturated rings. The van der Waals surface area contributed by atoms with Crippen LogP contribution in [0.1, 0.15) is 213 Å². The van der Waals surface area contributed by atoms with Crippen LogP contribution in [-0.2, 0) is 42.9 Å². The minimum Gasteiger partial charge on any atom is -0.479 e. The van der Waals surface area contributed by atoms with Crippen LogP contribution in [0.25, 0.3) is 0 Å². The second-order valence-electron chi connectivity index (χ2n) is 19.2. The molecule has 1 aliphatic heterocycles. The maximum absolute atomic E-state index is 13.1. The number of hydrogen-bond acceptors (Lipinski definition) is 11. The Morgan fingerprint density at radius 2 is 0.867 bits per heavy atom. The van der Waals surface area contributed by atoms with E-state index in [2.05, 4.69) is 112 Å². The van der Waals surface area contributed by atoms with E-state index in [1.54, 1.807) is 0 Å². The van der Waals surface area contributed by atoms with Crippen molar-refractivity contribution in [2.45, 2.75) is 250 Å². The van der Waals surface area contributed by atoms with Gasteiger partial charge in [-0.1, -0.05) is 194 Å². The molecular weight excluding hydrogens is 949 g/mol. The van der Waals surface area contributed by atoms with Crippen molar-refractivity contribution in [2.75, 3.05) is 13.2 Å². The van der Waals surface area contributed by atoms with Gasteiger partial charge in [-0.15, -0.1) is 0 Å². The lowest BCUT2D eigenvalue weighted by molar-refractivity contribution is -0.301. The van der Waals surface area contributed by atoms with Gasteiger partial charge in [0.1, 0.15) is 18.8 Å². The normalized spacial score (nSPS) is 19.0. The topological polar surface area (TPSA) is 175 Å². The molecule has 1 heterocycles. The second kappa shape index (κ2) is 50.2. The summed E-state index contributed by atoms with van der Waals surface area (Å²) in [6.45, 7) is 5.67. The Labute approximate surface area is 453 Å². The van der Waals surface area contributed by atoms with E-state index in [1.165, 1.54) is 57.8 Å². The molecule has 0 aromatic carbocycles. The minimum atomic E-state index is -1.94. The van der Waals surface area contributed by atoms with E-state index in [1.807, 2.05) is 18.2 Å². The van der Waals surface area contributed by atoms with Crippen LogP contribution in [0, 0.1) is 0 Å². The fraction of sp³-hybridized carbons (Fsp3) is 0.651. The minimum absolute atomic E-state index is 0.0711. The van der Waals surface area contributed by atoms with Gasteiger partial charge in [-0.2, -0.15) is 0 Å². The Balaban J connectivity index is 2.76. The summed E-state index contributed by atoms with van der Waals surface area (Å²) in [5.74, 6) is -3.30. The van der Waals surface area contributed by atoms with E-state index >= 15 is 0 Å². The number of ether oxygens (including phenoxy) is 5. The first-order chi connectivity index (χ1) is 36.6. The number of carbonyl (C=O) groups excluding carboxylic acids is 3. The summed E-state index contributed by atoms with van der Waals surface area (Å²) in [6.07, 6.45) is 55.1. The van der Waals surface area contributed by atoms with E-state index < -0.39 is 67.3 Å². The van der Waals surface area contributed by atoms with Crippen molar-refractivity contribution in [3.63, 3.8) is 0 Å². The van der Waals surface area contributed by atoms with Gasteiger partial charge >= 0.3 is 23.9 Å². The number of rotatable bonds is 47. The van der Waals surface area contributed by atoms with Gasteiger partial charge in [0.2, 0.25) is 0 Å². The largest absolute Gasteiger partial charge is 0.479 e. The first kappa shape index (κ1) is 68.4. The third kappa shape index (κ3) is 40.3. The van der Waals surface area contributed by atoms with Crippen LogP contribution in [0.15, 0.2) is 109 Å². The van der Waals surface area contributed by atoms with Gasteiger partial charge in [-0.3, -0.25) is 14.4 Å². The van der Waals surface area contributed by atoms with Gasteiger partial charge in [0.25, 0.3) is 0 Å². The van der Waals surface area contributed by atoms with Crippen molar-refractivity contribution >= 4 is 23.9 Å². The average Bonchev–Trinajstić information content (AvgIpc) is 3.39. The summed E-state index contributed by atoms with van der Waals surface area (Å²) in [5, 5.41) is 31.4. The average molecular weight is 1050 g/mol. The fourth-order valence-corrected chi connectivity index (χ4v) is 7.95. The number of allylic oxidation sites excluding steroid dienone is 18. The molecule has 0 aromatic rings. The highest BCUT2D eigenvalue weighted by Crippen LogP contribution is 2.26. The van der Waals surface area contributed by atoms with E-state index in [9.17, 15) is 34.5 Å². The summed E-state index contributed by atoms with van der Waals surface area (Å²) in [4.78, 5) is 51.0. The number of esters is 3. The highest BCUT2D eigenvalue weighted by Gasteiger charge is 2.50. The SMILES string of the molecule is CC/C=C\C/C=C\C/C=C\C/C=C\CCCCC(=O)OC(COC(=O)CCCCCCCCC/C=C\CCCCCCCC)COC1OC(C(=O)O)C(O)C(O)C1OC(=O)CC/C=C\C/C=C\C/C=C\C/C=C\CC. The van der Waals surface area contributed by atoms with Gasteiger partial charge < -0.3 is 39.0 Å². The van der Waals surface area contributed by atoms with Gasteiger partial charge in [0.15, 0.2) is 24.6 Å². The second-order valence-corrected chi connectivity index (χ2v) is 19.2. The zero-order chi connectivity index (χ0) is 54.7. The smallest absolute Gasteiger partial charge is 0.335 e. The van der Waals surface area contributed by atoms with Crippen LogP contribution >= 0.6 is 0 Å². The molecule has 75 heavy (non-hydrogen) atoms. The Bertz CT molecular complexity index is 1720. The third-order valence-corrected chi connectivity index (χ3v) is 12.3. The molecule has 424 valence electrons. The molecule has 0 spiro atoms. The summed E-state index contributed by atoms with van der Waals surface area (Å²) >= 11 is 0. The van der Waals surface area contributed by atoms with Crippen LogP contribution in [0.3, 0.4) is 0 Å². The van der Waals surface area contributed by atoms with Crippen LogP contribution in [0.2, 0.25) is 0 Å². The molecule has 1 saturated heterocycles.